The van der Waals surface area contributed by atoms with Gasteiger partial charge in [-0.2, -0.15) is 18.2 Å². The van der Waals surface area contributed by atoms with Crippen LogP contribution in [0.3, 0.4) is 0 Å². The van der Waals surface area contributed by atoms with Crippen LogP contribution in [0.25, 0.3) is 0 Å². The van der Waals surface area contributed by atoms with Crippen LogP contribution in [0.1, 0.15) is 49.3 Å². The van der Waals surface area contributed by atoms with Crippen LogP contribution in [0.4, 0.5) is 22.0 Å². The largest absolute Gasteiger partial charge is 0.484 e. The van der Waals surface area contributed by atoms with Crippen LogP contribution in [0.15, 0.2) is 27.6 Å². The van der Waals surface area contributed by atoms with E-state index in [1.807, 2.05) is 0 Å². The topological polar surface area (TPSA) is 103 Å². The van der Waals surface area contributed by atoms with Crippen LogP contribution in [0.5, 0.6) is 5.75 Å². The molecular formula is C21H22F5N3O5S. The SMILES string of the molecule is CC(Oc1ccc(S(C)(=O)=O)cc1C(=O)N1CC2(C)CC2(c2noc(C(F)(F)F)n2)C1)C(C)(F)F. The number of alkyl halides is 5. The minimum atomic E-state index is -4.82. The summed E-state index contributed by atoms with van der Waals surface area (Å²) in [5.74, 6) is -5.88. The average Bonchev–Trinajstić information content (AvgIpc) is 3.07. The molecule has 0 radical (unpaired) electrons. The Hall–Kier alpha value is -2.77. The van der Waals surface area contributed by atoms with Gasteiger partial charge in [-0.3, -0.25) is 4.79 Å². The molecule has 1 saturated heterocycles. The fraction of sp³-hybridized carbons (Fsp3) is 0.571. The standard InChI is InChI=1S/C21H22F5N3O5S/c1-11(19(3,22)23)33-14-6-5-12(35(4,31)32)7-13(14)15(30)29-9-18(2)8-20(18,10-29)16-27-17(34-28-16)21(24,25)26/h5-7,11H,8-10H2,1-4H3. The van der Waals surface area contributed by atoms with Crippen molar-refractivity contribution in [1.82, 2.24) is 15.0 Å². The van der Waals surface area contributed by atoms with Crippen LogP contribution in [0.2, 0.25) is 0 Å². The highest BCUT2D eigenvalue weighted by atomic mass is 32.2. The highest BCUT2D eigenvalue weighted by Crippen LogP contribution is 2.68. The molecule has 4 rings (SSSR count). The summed E-state index contributed by atoms with van der Waals surface area (Å²) in [6.45, 7) is 3.54. The molecule has 8 nitrogen and oxygen atoms in total. The smallest absolute Gasteiger partial charge is 0.471 e. The predicted molar refractivity (Wildman–Crippen MR) is 110 cm³/mol. The number of likely N-dealkylation sites (tertiary alicyclic amines) is 1. The zero-order valence-electron chi connectivity index (χ0n) is 19.1. The summed E-state index contributed by atoms with van der Waals surface area (Å²) in [5, 5.41) is 3.49. The van der Waals surface area contributed by atoms with Crippen LogP contribution in [-0.4, -0.2) is 60.7 Å². The van der Waals surface area contributed by atoms with E-state index < -0.39 is 50.7 Å². The first-order valence-electron chi connectivity index (χ1n) is 10.5. The van der Waals surface area contributed by atoms with Crippen LogP contribution >= 0.6 is 0 Å². The Morgan fingerprint density at radius 3 is 2.43 bits per heavy atom. The number of ether oxygens (including phenoxy) is 1. The van der Waals surface area contributed by atoms with Crippen molar-refractivity contribution >= 4 is 15.7 Å². The van der Waals surface area contributed by atoms with Crippen molar-refractivity contribution < 1.29 is 44.4 Å². The van der Waals surface area contributed by atoms with E-state index >= 15 is 0 Å². The van der Waals surface area contributed by atoms with E-state index in [0.717, 1.165) is 31.4 Å². The quantitative estimate of drug-likeness (QED) is 0.532. The first kappa shape index (κ1) is 25.3. The third-order valence-electron chi connectivity index (χ3n) is 6.73. The Kier molecular flexibility index (Phi) is 5.51. The summed E-state index contributed by atoms with van der Waals surface area (Å²) in [5.41, 5.74) is -1.88. The molecule has 0 N–H and O–H groups in total. The summed E-state index contributed by atoms with van der Waals surface area (Å²) in [7, 11) is -3.75. The monoisotopic (exact) mass is 523 g/mol. The number of carbonyl (C=O) groups is 1. The van der Waals surface area contributed by atoms with Crippen molar-refractivity contribution in [1.29, 1.82) is 0 Å². The molecule has 0 spiro atoms. The zero-order valence-corrected chi connectivity index (χ0v) is 19.9. The number of rotatable bonds is 6. The summed E-state index contributed by atoms with van der Waals surface area (Å²) in [6, 6.07) is 3.32. The van der Waals surface area contributed by atoms with Crippen molar-refractivity contribution in [3.8, 4) is 5.75 Å². The van der Waals surface area contributed by atoms with E-state index in [0.29, 0.717) is 13.3 Å². The molecule has 1 aliphatic carbocycles. The summed E-state index contributed by atoms with van der Waals surface area (Å²) in [4.78, 5) is 18.0. The molecule has 1 aromatic heterocycles. The molecule has 1 saturated carbocycles. The Labute approximate surface area is 197 Å². The minimum absolute atomic E-state index is 0.0683. The molecule has 1 aromatic carbocycles. The molecule has 35 heavy (non-hydrogen) atoms. The number of halogens is 5. The van der Waals surface area contributed by atoms with E-state index in [-0.39, 0.29) is 35.1 Å². The summed E-state index contributed by atoms with van der Waals surface area (Å²) < 4.78 is 100. The number of aromatic nitrogens is 2. The lowest BCUT2D eigenvalue weighted by molar-refractivity contribution is -0.159. The molecule has 2 fully saturated rings. The van der Waals surface area contributed by atoms with Gasteiger partial charge in [-0.05, 0) is 31.5 Å². The van der Waals surface area contributed by atoms with Gasteiger partial charge in [-0.1, -0.05) is 12.1 Å². The molecule has 2 heterocycles. The first-order chi connectivity index (χ1) is 15.9. The first-order valence-corrected chi connectivity index (χ1v) is 12.4. The number of piperidine rings is 1. The number of carbonyl (C=O) groups excluding carboxylic acids is 1. The Morgan fingerprint density at radius 2 is 1.89 bits per heavy atom. The fourth-order valence-electron chi connectivity index (χ4n) is 4.45. The molecular weight excluding hydrogens is 501 g/mol. The van der Waals surface area contributed by atoms with E-state index in [2.05, 4.69) is 14.7 Å². The second kappa shape index (κ2) is 7.61. The van der Waals surface area contributed by atoms with E-state index in [4.69, 9.17) is 4.74 Å². The van der Waals surface area contributed by atoms with Crippen LogP contribution in [0, 0.1) is 5.41 Å². The molecule has 14 heteroatoms. The average molecular weight is 523 g/mol. The normalized spacial score (nSPS) is 25.3. The lowest BCUT2D eigenvalue weighted by Gasteiger charge is -2.25. The maximum Gasteiger partial charge on any atom is 0.471 e. The van der Waals surface area contributed by atoms with Crippen LogP contribution < -0.4 is 4.74 Å². The van der Waals surface area contributed by atoms with Crippen LogP contribution in [-0.2, 0) is 21.4 Å². The Balaban J connectivity index is 1.67. The van der Waals surface area contributed by atoms with Crippen molar-refractivity contribution in [3.63, 3.8) is 0 Å². The van der Waals surface area contributed by atoms with Gasteiger partial charge in [0.25, 0.3) is 11.8 Å². The number of nitrogens with zero attached hydrogens (tertiary/aromatic N) is 3. The van der Waals surface area contributed by atoms with E-state index in [1.165, 1.54) is 4.90 Å². The number of fused-ring (bicyclic) bond motifs is 1. The van der Waals surface area contributed by atoms with Crippen molar-refractivity contribution in [2.75, 3.05) is 19.3 Å². The molecule has 3 atom stereocenters. The zero-order chi connectivity index (χ0) is 26.2. The van der Waals surface area contributed by atoms with Gasteiger partial charge in [0, 0.05) is 31.7 Å². The van der Waals surface area contributed by atoms with Gasteiger partial charge < -0.3 is 14.2 Å². The maximum absolute atomic E-state index is 13.7. The fourth-order valence-corrected chi connectivity index (χ4v) is 5.10. The van der Waals surface area contributed by atoms with Crippen molar-refractivity contribution in [2.24, 2.45) is 5.41 Å². The summed E-state index contributed by atoms with van der Waals surface area (Å²) >= 11 is 0. The number of sulfone groups is 1. The van der Waals surface area contributed by atoms with Gasteiger partial charge >= 0.3 is 12.1 Å². The number of hydrogen-bond acceptors (Lipinski definition) is 7. The van der Waals surface area contributed by atoms with E-state index in [9.17, 15) is 35.2 Å². The Morgan fingerprint density at radius 1 is 1.23 bits per heavy atom. The third-order valence-corrected chi connectivity index (χ3v) is 7.84. The second-order valence-electron chi connectivity index (χ2n) is 9.55. The van der Waals surface area contributed by atoms with Crippen molar-refractivity contribution in [3.05, 3.63) is 35.5 Å². The number of amides is 1. The molecule has 192 valence electrons. The minimum Gasteiger partial charge on any atom is -0.484 e. The molecule has 2 aromatic rings. The molecule has 0 bridgehead atoms. The lowest BCUT2D eigenvalue weighted by atomic mass is 9.98. The molecule has 3 unspecified atom stereocenters. The van der Waals surface area contributed by atoms with Crippen molar-refractivity contribution in [2.45, 2.75) is 55.7 Å². The number of benzene rings is 1. The highest BCUT2D eigenvalue weighted by Gasteiger charge is 2.73. The second-order valence-corrected chi connectivity index (χ2v) is 11.6. The highest BCUT2D eigenvalue weighted by molar-refractivity contribution is 7.90. The van der Waals surface area contributed by atoms with Gasteiger partial charge in [0.2, 0.25) is 0 Å². The van der Waals surface area contributed by atoms with Gasteiger partial charge in [0.05, 0.1) is 15.9 Å². The van der Waals surface area contributed by atoms with Gasteiger partial charge in [-0.15, -0.1) is 0 Å². The third kappa shape index (κ3) is 4.36. The van der Waals surface area contributed by atoms with Gasteiger partial charge in [0.1, 0.15) is 5.75 Å². The molecule has 1 amide bonds. The number of hydrogen-bond donors (Lipinski definition) is 0. The Bertz CT molecular complexity index is 1290. The van der Waals surface area contributed by atoms with Gasteiger partial charge in [-0.25, -0.2) is 17.2 Å². The predicted octanol–water partition coefficient (Wildman–Crippen LogP) is 3.72. The summed E-state index contributed by atoms with van der Waals surface area (Å²) in [6.07, 6.45) is -5.12. The maximum atomic E-state index is 13.7. The van der Waals surface area contributed by atoms with Gasteiger partial charge in [0.15, 0.2) is 21.8 Å². The molecule has 2 aliphatic rings. The van der Waals surface area contributed by atoms with E-state index in [1.54, 1.807) is 6.92 Å². The molecule has 1 aliphatic heterocycles. The lowest BCUT2D eigenvalue weighted by Crippen LogP contribution is -2.35.